The van der Waals surface area contributed by atoms with Gasteiger partial charge in [0.25, 0.3) is 5.91 Å². The average molecular weight is 593 g/mol. The number of amides is 1. The molecule has 0 radical (unpaired) electrons. The molecular formula is C31H36N4O8. The van der Waals surface area contributed by atoms with Crippen LogP contribution in [0.2, 0.25) is 0 Å². The lowest BCUT2D eigenvalue weighted by Crippen LogP contribution is -2.63. The fraction of sp³-hybridized carbons (Fsp3) is 0.452. The average Bonchev–Trinajstić information content (AvgIpc) is 3.40. The Kier molecular flexibility index (Phi) is 7.00. The van der Waals surface area contributed by atoms with Gasteiger partial charge in [-0.3, -0.25) is 24.2 Å². The van der Waals surface area contributed by atoms with Crippen LogP contribution in [0.15, 0.2) is 51.3 Å². The van der Waals surface area contributed by atoms with Crippen molar-refractivity contribution in [3.63, 3.8) is 0 Å². The number of carbonyl (C=O) groups excluding carboxylic acids is 3. The second-order valence-electron chi connectivity index (χ2n) is 12.3. The van der Waals surface area contributed by atoms with Crippen molar-refractivity contribution in [3.05, 3.63) is 63.8 Å². The van der Waals surface area contributed by atoms with E-state index in [9.17, 15) is 34.8 Å². The van der Waals surface area contributed by atoms with Crippen molar-refractivity contribution in [3.8, 4) is 17.1 Å². The van der Waals surface area contributed by atoms with Gasteiger partial charge < -0.3 is 35.5 Å². The van der Waals surface area contributed by atoms with Crippen molar-refractivity contribution in [2.24, 2.45) is 17.6 Å². The van der Waals surface area contributed by atoms with E-state index in [0.717, 1.165) is 31.9 Å². The van der Waals surface area contributed by atoms with Gasteiger partial charge in [0.1, 0.15) is 34.4 Å². The predicted octanol–water partition coefficient (Wildman–Crippen LogP) is 1.13. The van der Waals surface area contributed by atoms with Crippen LogP contribution < -0.4 is 5.73 Å². The summed E-state index contributed by atoms with van der Waals surface area (Å²) < 4.78 is 6.23. The number of carbonyl (C=O) groups is 3. The first-order valence-corrected chi connectivity index (χ1v) is 14.3. The number of Topliss-reactive ketones (excluding diaryl/α,β-unsaturated/α-hetero) is 2. The molecule has 1 fully saturated rings. The predicted molar refractivity (Wildman–Crippen MR) is 154 cm³/mol. The van der Waals surface area contributed by atoms with Gasteiger partial charge in [-0.15, -0.1) is 0 Å². The lowest BCUT2D eigenvalue weighted by molar-refractivity contribution is -0.148. The van der Waals surface area contributed by atoms with Gasteiger partial charge in [0, 0.05) is 43.2 Å². The van der Waals surface area contributed by atoms with E-state index in [2.05, 4.69) is 16.8 Å². The fourth-order valence-electron chi connectivity index (χ4n) is 7.32. The zero-order valence-corrected chi connectivity index (χ0v) is 24.3. The van der Waals surface area contributed by atoms with E-state index in [4.69, 9.17) is 10.2 Å². The number of primary amides is 1. The number of aliphatic hydroxyl groups excluding tert-OH is 2. The molecule has 4 atom stereocenters. The van der Waals surface area contributed by atoms with Gasteiger partial charge in [-0.2, -0.15) is 0 Å². The topological polar surface area (TPSA) is 181 Å². The van der Waals surface area contributed by atoms with E-state index >= 15 is 0 Å². The molecule has 1 amide bonds. The summed E-state index contributed by atoms with van der Waals surface area (Å²) in [6.45, 7) is 4.43. The summed E-state index contributed by atoms with van der Waals surface area (Å²) in [7, 11) is 5.29. The highest BCUT2D eigenvalue weighted by Crippen LogP contribution is 2.53. The maximum Gasteiger partial charge on any atom is 0.255 e. The normalized spacial score (nSPS) is 28.3. The Morgan fingerprint density at radius 3 is 2.44 bits per heavy atom. The Morgan fingerprint density at radius 1 is 1.09 bits per heavy atom. The number of benzene rings is 1. The zero-order valence-electron chi connectivity index (χ0n) is 24.3. The highest BCUT2D eigenvalue weighted by molar-refractivity contribution is 6.24. The Morgan fingerprint density at radius 2 is 1.79 bits per heavy atom. The largest absolute Gasteiger partial charge is 0.510 e. The molecule has 228 valence electrons. The Labute approximate surface area is 248 Å². The van der Waals surface area contributed by atoms with Crippen molar-refractivity contribution in [2.75, 3.05) is 47.3 Å². The van der Waals surface area contributed by atoms with Crippen LogP contribution in [0.3, 0.4) is 0 Å². The maximum absolute atomic E-state index is 14.0. The molecule has 0 unspecified atom stereocenters. The number of furan rings is 1. The molecule has 0 bridgehead atoms. The van der Waals surface area contributed by atoms with Crippen molar-refractivity contribution in [1.82, 2.24) is 14.7 Å². The van der Waals surface area contributed by atoms with Crippen molar-refractivity contribution in [1.29, 1.82) is 0 Å². The SMILES string of the molecule is CN1CCN(Cc2ccc(-c3ccc(O)c4c3C[C@H]3C[C@H]5[C@@H](N(C)C)C(O)=C(C(N)=O)C(=O)[C@@]5(O)C(O)=C3C4=O)o2)CC1. The summed E-state index contributed by atoms with van der Waals surface area (Å²) in [6.07, 6.45) is 0.209. The van der Waals surface area contributed by atoms with Crippen LogP contribution in [0.4, 0.5) is 0 Å². The molecule has 12 heteroatoms. The third-order valence-corrected chi connectivity index (χ3v) is 9.51. The first-order valence-electron chi connectivity index (χ1n) is 14.3. The van der Waals surface area contributed by atoms with Crippen LogP contribution >= 0.6 is 0 Å². The van der Waals surface area contributed by atoms with Gasteiger partial charge in [0.05, 0.1) is 18.2 Å². The number of phenols is 1. The molecule has 6 N–H and O–H groups in total. The van der Waals surface area contributed by atoms with Crippen LogP contribution in [0, 0.1) is 11.8 Å². The summed E-state index contributed by atoms with van der Waals surface area (Å²) >= 11 is 0. The van der Waals surface area contributed by atoms with E-state index in [1.54, 1.807) is 20.2 Å². The lowest BCUT2D eigenvalue weighted by atomic mass is 9.58. The smallest absolute Gasteiger partial charge is 0.255 e. The number of fused-ring (bicyclic) bond motifs is 3. The molecular weight excluding hydrogens is 556 g/mol. The number of piperazine rings is 1. The van der Waals surface area contributed by atoms with E-state index in [0.29, 0.717) is 23.4 Å². The molecule has 0 spiro atoms. The second kappa shape index (κ2) is 10.3. The van der Waals surface area contributed by atoms with Gasteiger partial charge in [0.15, 0.2) is 11.4 Å². The first-order chi connectivity index (χ1) is 20.3. The number of nitrogens with two attached hydrogens (primary N) is 1. The molecule has 2 heterocycles. The Hall–Kier alpha value is -3.97. The number of allylic oxidation sites excluding steroid dienone is 1. The van der Waals surface area contributed by atoms with Gasteiger partial charge in [-0.25, -0.2) is 0 Å². The monoisotopic (exact) mass is 592 g/mol. The third kappa shape index (κ3) is 4.39. The third-order valence-electron chi connectivity index (χ3n) is 9.51. The quantitative estimate of drug-likeness (QED) is 0.314. The number of nitrogens with zero attached hydrogens (tertiary/aromatic N) is 3. The first kappa shape index (κ1) is 29.1. The molecule has 1 aliphatic heterocycles. The van der Waals surface area contributed by atoms with E-state index in [-0.39, 0.29) is 29.7 Å². The molecule has 2 aromatic rings. The number of rotatable bonds is 5. The maximum atomic E-state index is 14.0. The number of hydrogen-bond donors (Lipinski definition) is 5. The molecule has 6 rings (SSSR count). The van der Waals surface area contributed by atoms with Gasteiger partial charge in [-0.05, 0) is 69.7 Å². The minimum absolute atomic E-state index is 0.0215. The molecule has 1 aromatic heterocycles. The van der Waals surface area contributed by atoms with E-state index in [1.165, 1.54) is 11.0 Å². The number of aliphatic hydroxyl groups is 3. The number of phenolic OH excluding ortho intramolecular Hbond substituents is 1. The Balaban J connectivity index is 1.41. The highest BCUT2D eigenvalue weighted by atomic mass is 16.4. The molecule has 12 nitrogen and oxygen atoms in total. The standard InChI is InChI=1S/C31H36N4O8/c1-33(2)25-19-13-15-12-18-17(21-7-4-16(43-21)14-35-10-8-34(3)9-11-35)5-6-20(36)23(18)26(37)22(15)28(39)31(19,42)29(40)24(27(25)38)30(32)41/h4-7,15,19,25,36,38-39,42H,8-14H2,1-3H3,(H2,32,41)/t15-,19-,25+,31-/m0/s1. The number of likely N-dealkylation sites (N-methyl/N-ethyl adjacent to an activating group) is 2. The molecule has 0 saturated carbocycles. The summed E-state index contributed by atoms with van der Waals surface area (Å²) in [5.74, 6) is -5.48. The van der Waals surface area contributed by atoms with Crippen molar-refractivity contribution in [2.45, 2.75) is 31.0 Å². The minimum atomic E-state index is -2.67. The number of hydrogen-bond acceptors (Lipinski definition) is 11. The summed E-state index contributed by atoms with van der Waals surface area (Å²) in [6, 6.07) is 5.76. The molecule has 1 saturated heterocycles. The fourth-order valence-corrected chi connectivity index (χ4v) is 7.32. The zero-order chi connectivity index (χ0) is 31.0. The van der Waals surface area contributed by atoms with E-state index in [1.807, 2.05) is 12.1 Å². The summed E-state index contributed by atoms with van der Waals surface area (Å²) in [5.41, 5.74) is 2.80. The summed E-state index contributed by atoms with van der Waals surface area (Å²) in [4.78, 5) is 45.7. The van der Waals surface area contributed by atoms with Crippen LogP contribution in [0.1, 0.15) is 28.1 Å². The van der Waals surface area contributed by atoms with Crippen molar-refractivity contribution < 1.29 is 39.2 Å². The number of ketones is 2. The molecule has 1 aromatic carbocycles. The molecule has 43 heavy (non-hydrogen) atoms. The van der Waals surface area contributed by atoms with Gasteiger partial charge in [0.2, 0.25) is 5.78 Å². The minimum Gasteiger partial charge on any atom is -0.510 e. The van der Waals surface area contributed by atoms with Gasteiger partial charge in [-0.1, -0.05) is 0 Å². The van der Waals surface area contributed by atoms with Crippen LogP contribution in [0.5, 0.6) is 5.75 Å². The highest BCUT2D eigenvalue weighted by Gasteiger charge is 2.63. The van der Waals surface area contributed by atoms with Crippen LogP contribution in [-0.4, -0.2) is 112 Å². The lowest BCUT2D eigenvalue weighted by Gasteiger charge is -2.50. The number of aromatic hydroxyl groups is 1. The molecule has 3 aliphatic carbocycles. The van der Waals surface area contributed by atoms with Crippen molar-refractivity contribution >= 4 is 17.5 Å². The Bertz CT molecular complexity index is 1600. The summed E-state index contributed by atoms with van der Waals surface area (Å²) in [5, 5.41) is 45.0. The van der Waals surface area contributed by atoms with Crippen LogP contribution in [-0.2, 0) is 22.6 Å². The van der Waals surface area contributed by atoms with Gasteiger partial charge >= 0.3 is 0 Å². The van der Waals surface area contributed by atoms with Crippen LogP contribution in [0.25, 0.3) is 11.3 Å². The second-order valence-corrected chi connectivity index (χ2v) is 12.3. The molecule has 4 aliphatic rings. The van der Waals surface area contributed by atoms with E-state index < -0.39 is 58.0 Å².